The minimum Gasteiger partial charge on any atom is -0.497 e. The molecule has 1 saturated heterocycles. The average molecular weight is 382 g/mol. The van der Waals surface area contributed by atoms with Crippen LogP contribution in [-0.2, 0) is 6.54 Å². The number of aromatic nitrogens is 3. The molecule has 8 nitrogen and oxygen atoms in total. The lowest BCUT2D eigenvalue weighted by Crippen LogP contribution is -2.29. The summed E-state index contributed by atoms with van der Waals surface area (Å²) in [5, 5.41) is 14.3. The Morgan fingerprint density at radius 2 is 2.08 bits per heavy atom. The molecule has 0 aliphatic carbocycles. The number of ether oxygens (including phenoxy) is 2. The van der Waals surface area contributed by atoms with Gasteiger partial charge in [0.1, 0.15) is 11.5 Å². The van der Waals surface area contributed by atoms with E-state index in [4.69, 9.17) is 9.47 Å². The van der Waals surface area contributed by atoms with E-state index in [2.05, 4.69) is 20.9 Å². The third-order valence-corrected chi connectivity index (χ3v) is 4.35. The molecule has 26 heavy (non-hydrogen) atoms. The highest BCUT2D eigenvalue weighted by molar-refractivity contribution is 5.91. The van der Waals surface area contributed by atoms with Crippen LogP contribution in [0.5, 0.6) is 11.5 Å². The highest BCUT2D eigenvalue weighted by Crippen LogP contribution is 2.24. The maximum Gasteiger partial charge on any atom is 0.273 e. The average Bonchev–Trinajstić information content (AvgIpc) is 3.17. The fraction of sp³-hybridized carbons (Fsp3) is 0.471. The molecule has 3 rings (SSSR count). The van der Waals surface area contributed by atoms with Crippen LogP contribution in [0, 0.1) is 0 Å². The fourth-order valence-corrected chi connectivity index (χ4v) is 2.92. The predicted molar refractivity (Wildman–Crippen MR) is 99.1 cm³/mol. The van der Waals surface area contributed by atoms with E-state index < -0.39 is 0 Å². The number of hydrogen-bond donors (Lipinski definition) is 2. The molecular weight excluding hydrogens is 358 g/mol. The molecule has 2 heterocycles. The molecule has 0 spiro atoms. The zero-order chi connectivity index (χ0) is 17.6. The SMILES string of the molecule is COc1ccc(OC)c(CNC(=O)c2cn(C3CCNCC3)nn2)c1.Cl. The quantitative estimate of drug-likeness (QED) is 0.789. The minimum absolute atomic E-state index is 0. The lowest BCUT2D eigenvalue weighted by Gasteiger charge is -2.22. The van der Waals surface area contributed by atoms with Crippen LogP contribution in [0.4, 0.5) is 0 Å². The van der Waals surface area contributed by atoms with E-state index >= 15 is 0 Å². The van der Waals surface area contributed by atoms with E-state index in [9.17, 15) is 4.79 Å². The second kappa shape index (κ2) is 9.40. The van der Waals surface area contributed by atoms with Crippen molar-refractivity contribution in [2.75, 3.05) is 27.3 Å². The van der Waals surface area contributed by atoms with E-state index in [-0.39, 0.29) is 18.3 Å². The summed E-state index contributed by atoms with van der Waals surface area (Å²) >= 11 is 0. The number of nitrogens with one attached hydrogen (secondary N) is 2. The molecule has 0 unspecified atom stereocenters. The van der Waals surface area contributed by atoms with Crippen LogP contribution in [0.1, 0.15) is 34.9 Å². The highest BCUT2D eigenvalue weighted by Gasteiger charge is 2.19. The van der Waals surface area contributed by atoms with Crippen molar-refractivity contribution in [1.82, 2.24) is 25.6 Å². The molecule has 1 aromatic heterocycles. The minimum atomic E-state index is -0.259. The summed E-state index contributed by atoms with van der Waals surface area (Å²) in [5.41, 5.74) is 1.15. The number of carbonyl (C=O) groups excluding carboxylic acids is 1. The molecule has 2 aromatic rings. The number of methoxy groups -OCH3 is 2. The molecule has 0 radical (unpaired) electrons. The first-order valence-electron chi connectivity index (χ1n) is 8.33. The molecular formula is C17H24ClN5O3. The van der Waals surface area contributed by atoms with Gasteiger partial charge in [0, 0.05) is 12.1 Å². The Morgan fingerprint density at radius 1 is 1.31 bits per heavy atom. The van der Waals surface area contributed by atoms with E-state index in [0.717, 1.165) is 31.5 Å². The molecule has 1 fully saturated rings. The van der Waals surface area contributed by atoms with Gasteiger partial charge in [-0.3, -0.25) is 4.79 Å². The van der Waals surface area contributed by atoms with Crippen molar-refractivity contribution in [3.05, 3.63) is 35.7 Å². The van der Waals surface area contributed by atoms with Gasteiger partial charge < -0.3 is 20.1 Å². The lowest BCUT2D eigenvalue weighted by molar-refractivity contribution is 0.0945. The molecule has 142 valence electrons. The molecule has 1 aromatic carbocycles. The Bertz CT molecular complexity index is 731. The zero-order valence-electron chi connectivity index (χ0n) is 14.9. The van der Waals surface area contributed by atoms with Crippen molar-refractivity contribution in [1.29, 1.82) is 0 Å². The first kappa shape index (κ1) is 20.0. The van der Waals surface area contributed by atoms with Crippen LogP contribution in [0.15, 0.2) is 24.4 Å². The maximum atomic E-state index is 12.4. The number of amides is 1. The van der Waals surface area contributed by atoms with Crippen molar-refractivity contribution in [3.63, 3.8) is 0 Å². The topological polar surface area (TPSA) is 90.3 Å². The van der Waals surface area contributed by atoms with Gasteiger partial charge in [-0.15, -0.1) is 17.5 Å². The number of carbonyl (C=O) groups is 1. The third kappa shape index (κ3) is 4.64. The molecule has 0 atom stereocenters. The summed E-state index contributed by atoms with van der Waals surface area (Å²) in [6.07, 6.45) is 3.70. The fourth-order valence-electron chi connectivity index (χ4n) is 2.92. The summed E-state index contributed by atoms with van der Waals surface area (Å²) in [5.74, 6) is 1.14. The molecule has 0 bridgehead atoms. The third-order valence-electron chi connectivity index (χ3n) is 4.35. The van der Waals surface area contributed by atoms with Crippen molar-refractivity contribution < 1.29 is 14.3 Å². The molecule has 0 saturated carbocycles. The molecule has 2 N–H and O–H groups in total. The van der Waals surface area contributed by atoms with Crippen LogP contribution in [0.25, 0.3) is 0 Å². The Hall–Kier alpha value is -2.32. The summed E-state index contributed by atoms with van der Waals surface area (Å²) in [4.78, 5) is 12.4. The van der Waals surface area contributed by atoms with Crippen LogP contribution in [0.3, 0.4) is 0 Å². The van der Waals surface area contributed by atoms with Crippen molar-refractivity contribution >= 4 is 18.3 Å². The Morgan fingerprint density at radius 3 is 2.77 bits per heavy atom. The Kier molecular flexibility index (Phi) is 7.23. The van der Waals surface area contributed by atoms with Gasteiger partial charge in [-0.25, -0.2) is 4.68 Å². The smallest absolute Gasteiger partial charge is 0.273 e. The van der Waals surface area contributed by atoms with Crippen LogP contribution in [0.2, 0.25) is 0 Å². The van der Waals surface area contributed by atoms with Crippen LogP contribution < -0.4 is 20.1 Å². The van der Waals surface area contributed by atoms with Gasteiger partial charge in [0.2, 0.25) is 0 Å². The normalized spacial score (nSPS) is 14.4. The standard InChI is InChI=1S/C17H23N5O3.ClH/c1-24-14-3-4-16(25-2)12(9-14)10-19-17(23)15-11-22(21-20-15)13-5-7-18-8-6-13;/h3-4,9,11,13,18H,5-8,10H2,1-2H3,(H,19,23);1H. The predicted octanol–water partition coefficient (Wildman–Crippen LogP) is 1.57. The summed E-state index contributed by atoms with van der Waals surface area (Å²) in [7, 11) is 3.20. The van der Waals surface area contributed by atoms with Gasteiger partial charge in [0.05, 0.1) is 26.5 Å². The second-order valence-corrected chi connectivity index (χ2v) is 5.93. The Labute approximate surface area is 158 Å². The van der Waals surface area contributed by atoms with E-state index in [1.54, 1.807) is 25.1 Å². The van der Waals surface area contributed by atoms with Gasteiger partial charge in [0.15, 0.2) is 5.69 Å². The van der Waals surface area contributed by atoms with Crippen molar-refractivity contribution in [3.8, 4) is 11.5 Å². The number of hydrogen-bond acceptors (Lipinski definition) is 6. The van der Waals surface area contributed by atoms with Gasteiger partial charge in [-0.2, -0.15) is 0 Å². The first-order chi connectivity index (χ1) is 12.2. The first-order valence-corrected chi connectivity index (χ1v) is 8.33. The van der Waals surface area contributed by atoms with Gasteiger partial charge in [-0.05, 0) is 44.1 Å². The van der Waals surface area contributed by atoms with Gasteiger partial charge >= 0.3 is 0 Å². The van der Waals surface area contributed by atoms with Crippen LogP contribution in [-0.4, -0.2) is 48.2 Å². The van der Waals surface area contributed by atoms with Gasteiger partial charge in [0.25, 0.3) is 5.91 Å². The molecule has 1 aliphatic rings. The second-order valence-electron chi connectivity index (χ2n) is 5.93. The van der Waals surface area contributed by atoms with E-state index in [1.807, 2.05) is 18.2 Å². The highest BCUT2D eigenvalue weighted by atomic mass is 35.5. The maximum absolute atomic E-state index is 12.4. The van der Waals surface area contributed by atoms with E-state index in [0.29, 0.717) is 29.8 Å². The van der Waals surface area contributed by atoms with Gasteiger partial charge in [-0.1, -0.05) is 5.21 Å². The number of rotatable bonds is 6. The number of piperidine rings is 1. The summed E-state index contributed by atoms with van der Waals surface area (Å²) < 4.78 is 12.3. The number of halogens is 1. The zero-order valence-corrected chi connectivity index (χ0v) is 15.7. The lowest BCUT2D eigenvalue weighted by atomic mass is 10.1. The van der Waals surface area contributed by atoms with Crippen molar-refractivity contribution in [2.24, 2.45) is 0 Å². The summed E-state index contributed by atoms with van der Waals surface area (Å²) in [6.45, 7) is 2.24. The summed E-state index contributed by atoms with van der Waals surface area (Å²) in [6, 6.07) is 5.77. The molecule has 1 amide bonds. The number of nitrogens with zero attached hydrogens (tertiary/aromatic N) is 3. The van der Waals surface area contributed by atoms with E-state index in [1.165, 1.54) is 0 Å². The monoisotopic (exact) mass is 381 g/mol. The largest absolute Gasteiger partial charge is 0.497 e. The molecule has 1 aliphatic heterocycles. The van der Waals surface area contributed by atoms with Crippen molar-refractivity contribution in [2.45, 2.75) is 25.4 Å². The number of benzene rings is 1. The molecule has 9 heteroatoms. The Balaban J connectivity index is 0.00000243. The van der Waals surface area contributed by atoms with Crippen LogP contribution >= 0.6 is 12.4 Å².